The maximum Gasteiger partial charge on any atom is 0.257 e. The summed E-state index contributed by atoms with van der Waals surface area (Å²) in [4.78, 5) is 26.4. The van der Waals surface area contributed by atoms with E-state index < -0.39 is 0 Å². The fourth-order valence-corrected chi connectivity index (χ4v) is 4.47. The summed E-state index contributed by atoms with van der Waals surface area (Å²) < 4.78 is 5.48. The van der Waals surface area contributed by atoms with Gasteiger partial charge in [0.1, 0.15) is 17.1 Å². The minimum absolute atomic E-state index is 0.0259. The van der Waals surface area contributed by atoms with Crippen molar-refractivity contribution in [1.82, 2.24) is 25.2 Å². The number of halogens is 1. The molecule has 9 heteroatoms. The van der Waals surface area contributed by atoms with Crippen LogP contribution in [0.5, 0.6) is 5.75 Å². The number of benzene rings is 2. The maximum atomic E-state index is 11.4. The number of aromatic nitrogens is 3. The number of hydrogen-bond acceptors (Lipinski definition) is 6. The SMILES string of the molecule is CNC(=O)COc1ccc(-c2nc3c(NC4CCN(Cc5ccccc5)C4)c(Cl)cnc3[nH]2)cc1. The zero-order valence-electron chi connectivity index (χ0n) is 19.4. The van der Waals surface area contributed by atoms with Crippen molar-refractivity contribution < 1.29 is 9.53 Å². The molecular weight excluding hydrogens is 464 g/mol. The van der Waals surface area contributed by atoms with E-state index in [1.54, 1.807) is 13.2 Å². The monoisotopic (exact) mass is 490 g/mol. The smallest absolute Gasteiger partial charge is 0.257 e. The molecule has 1 aliphatic heterocycles. The summed E-state index contributed by atoms with van der Waals surface area (Å²) in [5, 5.41) is 6.70. The van der Waals surface area contributed by atoms with Gasteiger partial charge in [-0.1, -0.05) is 41.9 Å². The van der Waals surface area contributed by atoms with Crippen LogP contribution in [0, 0.1) is 0 Å². The zero-order chi connectivity index (χ0) is 24.2. The van der Waals surface area contributed by atoms with E-state index >= 15 is 0 Å². The lowest BCUT2D eigenvalue weighted by Crippen LogP contribution is -2.26. The van der Waals surface area contributed by atoms with Crippen molar-refractivity contribution in [2.45, 2.75) is 19.0 Å². The van der Waals surface area contributed by atoms with E-state index in [1.807, 2.05) is 30.3 Å². The number of hydrogen-bond donors (Lipinski definition) is 3. The lowest BCUT2D eigenvalue weighted by molar-refractivity contribution is -0.122. The lowest BCUT2D eigenvalue weighted by atomic mass is 10.2. The number of amides is 1. The molecule has 1 amide bonds. The Balaban J connectivity index is 1.30. The second kappa shape index (κ2) is 10.3. The predicted octanol–water partition coefficient (Wildman–Crippen LogP) is 4.09. The fraction of sp³-hybridized carbons (Fsp3) is 0.269. The van der Waals surface area contributed by atoms with Gasteiger partial charge in [-0.05, 0) is 36.2 Å². The van der Waals surface area contributed by atoms with Gasteiger partial charge in [-0.3, -0.25) is 9.69 Å². The molecule has 3 N–H and O–H groups in total. The number of imidazole rings is 1. The molecule has 0 saturated carbocycles. The van der Waals surface area contributed by atoms with Crippen LogP contribution in [0.25, 0.3) is 22.6 Å². The van der Waals surface area contributed by atoms with Gasteiger partial charge in [-0.15, -0.1) is 0 Å². The Morgan fingerprint density at radius 3 is 2.77 bits per heavy atom. The summed E-state index contributed by atoms with van der Waals surface area (Å²) in [5.41, 5.74) is 4.39. The number of H-pyrrole nitrogens is 1. The van der Waals surface area contributed by atoms with Crippen LogP contribution < -0.4 is 15.4 Å². The van der Waals surface area contributed by atoms with Crippen LogP contribution in [0.15, 0.2) is 60.8 Å². The van der Waals surface area contributed by atoms with Crippen LogP contribution in [0.4, 0.5) is 5.69 Å². The highest BCUT2D eigenvalue weighted by molar-refractivity contribution is 6.34. The fourth-order valence-electron chi connectivity index (χ4n) is 4.27. The molecule has 2 aromatic carbocycles. The summed E-state index contributed by atoms with van der Waals surface area (Å²) in [5.74, 6) is 1.12. The zero-order valence-corrected chi connectivity index (χ0v) is 20.2. The first-order valence-corrected chi connectivity index (χ1v) is 12.0. The molecule has 8 nitrogen and oxygen atoms in total. The van der Waals surface area contributed by atoms with Gasteiger partial charge in [0.15, 0.2) is 12.3 Å². The van der Waals surface area contributed by atoms with E-state index in [4.69, 9.17) is 21.3 Å². The summed E-state index contributed by atoms with van der Waals surface area (Å²) in [6.07, 6.45) is 2.68. The van der Waals surface area contributed by atoms with Crippen LogP contribution in [0.2, 0.25) is 5.02 Å². The van der Waals surface area contributed by atoms with E-state index in [0.29, 0.717) is 27.8 Å². The molecule has 0 spiro atoms. The Hall–Kier alpha value is -3.62. The van der Waals surface area contributed by atoms with Crippen molar-refractivity contribution in [1.29, 1.82) is 0 Å². The number of carbonyl (C=O) groups excluding carboxylic acids is 1. The molecule has 1 atom stereocenters. The lowest BCUT2D eigenvalue weighted by Gasteiger charge is -2.18. The highest BCUT2D eigenvalue weighted by atomic mass is 35.5. The first-order chi connectivity index (χ1) is 17.1. The molecule has 3 heterocycles. The molecule has 4 aromatic rings. The summed E-state index contributed by atoms with van der Waals surface area (Å²) >= 11 is 6.55. The van der Waals surface area contributed by atoms with Crippen LogP contribution in [0.1, 0.15) is 12.0 Å². The van der Waals surface area contributed by atoms with E-state index in [2.05, 4.69) is 49.8 Å². The van der Waals surface area contributed by atoms with Crippen molar-refractivity contribution in [2.75, 3.05) is 32.1 Å². The van der Waals surface area contributed by atoms with E-state index in [9.17, 15) is 4.79 Å². The molecule has 1 aliphatic rings. The molecule has 1 unspecified atom stereocenters. The Labute approximate surface area is 208 Å². The molecule has 0 aliphatic carbocycles. The maximum absolute atomic E-state index is 11.4. The Morgan fingerprint density at radius 1 is 1.20 bits per heavy atom. The number of aromatic amines is 1. The highest BCUT2D eigenvalue weighted by Gasteiger charge is 2.24. The van der Waals surface area contributed by atoms with Gasteiger partial charge >= 0.3 is 0 Å². The number of ether oxygens (including phenoxy) is 1. The highest BCUT2D eigenvalue weighted by Crippen LogP contribution is 2.32. The molecule has 35 heavy (non-hydrogen) atoms. The van der Waals surface area contributed by atoms with Crippen molar-refractivity contribution in [2.24, 2.45) is 0 Å². The van der Waals surface area contributed by atoms with Gasteiger partial charge in [-0.2, -0.15) is 0 Å². The van der Waals surface area contributed by atoms with Crippen LogP contribution in [0.3, 0.4) is 0 Å². The Kier molecular flexibility index (Phi) is 6.83. The van der Waals surface area contributed by atoms with Crippen LogP contribution in [-0.2, 0) is 11.3 Å². The van der Waals surface area contributed by atoms with Gasteiger partial charge in [-0.25, -0.2) is 9.97 Å². The van der Waals surface area contributed by atoms with Gasteiger partial charge < -0.3 is 20.4 Å². The number of likely N-dealkylation sites (tertiary alicyclic amines) is 1. The standard InChI is InChI=1S/C26H27ClN6O2/c1-28-22(34)16-35-20-9-7-18(8-10-20)25-31-24-23(21(27)13-29-26(24)32-25)30-19-11-12-33(15-19)14-17-5-3-2-4-6-17/h2-10,13,19H,11-12,14-16H2,1H3,(H,28,34)(H2,29,30,31,32). The average molecular weight is 491 g/mol. The van der Waals surface area contributed by atoms with Crippen LogP contribution >= 0.6 is 11.6 Å². The number of nitrogens with zero attached hydrogens (tertiary/aromatic N) is 3. The molecule has 0 bridgehead atoms. The molecule has 1 saturated heterocycles. The average Bonchev–Trinajstić information content (AvgIpc) is 3.52. The predicted molar refractivity (Wildman–Crippen MR) is 138 cm³/mol. The van der Waals surface area contributed by atoms with Gasteiger partial charge in [0.2, 0.25) is 0 Å². The van der Waals surface area contributed by atoms with Crippen molar-refractivity contribution in [3.63, 3.8) is 0 Å². The number of rotatable bonds is 8. The Bertz CT molecular complexity index is 1310. The number of pyridine rings is 1. The molecule has 2 aromatic heterocycles. The third-order valence-electron chi connectivity index (χ3n) is 6.11. The minimum Gasteiger partial charge on any atom is -0.484 e. The second-order valence-electron chi connectivity index (χ2n) is 8.60. The quantitative estimate of drug-likeness (QED) is 0.344. The largest absolute Gasteiger partial charge is 0.484 e. The minimum atomic E-state index is -0.181. The summed E-state index contributed by atoms with van der Waals surface area (Å²) in [6.45, 7) is 2.87. The molecule has 1 fully saturated rings. The third kappa shape index (κ3) is 5.39. The summed E-state index contributed by atoms with van der Waals surface area (Å²) in [6, 6.07) is 18.2. The van der Waals surface area contributed by atoms with Gasteiger partial charge in [0, 0.05) is 38.3 Å². The topological polar surface area (TPSA) is 95.2 Å². The number of fused-ring (bicyclic) bond motifs is 1. The number of likely N-dealkylation sites (N-methyl/N-ethyl adjacent to an activating group) is 1. The van der Waals surface area contributed by atoms with E-state index in [1.165, 1.54) is 5.56 Å². The van der Waals surface area contributed by atoms with E-state index in [-0.39, 0.29) is 18.6 Å². The van der Waals surface area contributed by atoms with Gasteiger partial charge in [0.25, 0.3) is 5.91 Å². The normalized spacial score (nSPS) is 15.9. The number of anilines is 1. The van der Waals surface area contributed by atoms with E-state index in [0.717, 1.165) is 37.3 Å². The second-order valence-corrected chi connectivity index (χ2v) is 9.01. The van der Waals surface area contributed by atoms with Crippen molar-refractivity contribution in [3.8, 4) is 17.1 Å². The molecule has 180 valence electrons. The number of carbonyl (C=O) groups is 1. The summed E-state index contributed by atoms with van der Waals surface area (Å²) in [7, 11) is 1.58. The molecule has 5 rings (SSSR count). The van der Waals surface area contributed by atoms with Crippen LogP contribution in [-0.4, -0.2) is 58.5 Å². The van der Waals surface area contributed by atoms with Gasteiger partial charge in [0.05, 0.1) is 16.9 Å². The molecule has 0 radical (unpaired) electrons. The first kappa shape index (κ1) is 23.1. The third-order valence-corrected chi connectivity index (χ3v) is 6.40. The first-order valence-electron chi connectivity index (χ1n) is 11.6. The Morgan fingerprint density at radius 2 is 2.00 bits per heavy atom. The van der Waals surface area contributed by atoms with Crippen molar-refractivity contribution >= 4 is 34.4 Å². The van der Waals surface area contributed by atoms with Crippen molar-refractivity contribution in [3.05, 3.63) is 71.4 Å². The molecular formula is C26H27ClN6O2. The number of nitrogens with one attached hydrogen (secondary N) is 3.